The van der Waals surface area contributed by atoms with Crippen LogP contribution < -0.4 is 4.90 Å². The summed E-state index contributed by atoms with van der Waals surface area (Å²) in [6.45, 7) is 0.666. The average Bonchev–Trinajstić information content (AvgIpc) is 3.41. The zero-order valence-corrected chi connectivity index (χ0v) is 16.9. The van der Waals surface area contributed by atoms with E-state index in [9.17, 15) is 4.39 Å². The molecule has 4 aromatic rings. The summed E-state index contributed by atoms with van der Waals surface area (Å²) < 4.78 is 26.3. The molecule has 150 valence electrons. The van der Waals surface area contributed by atoms with Crippen molar-refractivity contribution in [2.45, 2.75) is 13.0 Å². The number of anilines is 1. The van der Waals surface area contributed by atoms with Crippen molar-refractivity contribution in [2.75, 3.05) is 11.7 Å². The minimum absolute atomic E-state index is 0.169. The van der Waals surface area contributed by atoms with Gasteiger partial charge in [-0.2, -0.15) is 0 Å². The minimum atomic E-state index is -0.255. The van der Waals surface area contributed by atoms with Crippen molar-refractivity contribution in [3.8, 4) is 0 Å². The number of aromatic nitrogens is 1. The number of para-hydroxylation sites is 1. The van der Waals surface area contributed by atoms with Gasteiger partial charge in [0.2, 0.25) is 12.7 Å². The normalized spacial score (nSPS) is 13.4. The molecular formula is C24H19FN2O2S. The Balaban J connectivity index is 1.55. The summed E-state index contributed by atoms with van der Waals surface area (Å²) in [7, 11) is 0. The van der Waals surface area contributed by atoms with Gasteiger partial charge in [0.05, 0.1) is 16.8 Å². The van der Waals surface area contributed by atoms with Gasteiger partial charge in [0, 0.05) is 6.42 Å². The number of halogens is 1. The average molecular weight is 418 g/mol. The van der Waals surface area contributed by atoms with E-state index in [-0.39, 0.29) is 12.6 Å². The smallest absolute Gasteiger partial charge is 0.238 e. The number of benzene rings is 3. The van der Waals surface area contributed by atoms with E-state index >= 15 is 0 Å². The van der Waals surface area contributed by atoms with Gasteiger partial charge in [0.1, 0.15) is 5.82 Å². The predicted octanol–water partition coefficient (Wildman–Crippen LogP) is 5.86. The van der Waals surface area contributed by atoms with Gasteiger partial charge in [-0.15, -0.1) is 0 Å². The predicted molar refractivity (Wildman–Crippen MR) is 116 cm³/mol. The standard InChI is InChI=1S/C24H19FN2O2S/c25-19-12-10-18(11-13-19)15-27(24-26-20-8-4-5-9-22(20)30-24)23-21(28-16-29-23)14-17-6-2-1-3-7-17/h1-13H,14-16H2. The summed E-state index contributed by atoms with van der Waals surface area (Å²) in [4.78, 5) is 6.83. The summed E-state index contributed by atoms with van der Waals surface area (Å²) in [6.07, 6.45) is 0.626. The Bertz CT molecular complexity index is 1160. The zero-order valence-electron chi connectivity index (χ0n) is 16.1. The van der Waals surface area contributed by atoms with Crippen LogP contribution in [-0.4, -0.2) is 11.8 Å². The third kappa shape index (κ3) is 3.86. The first kappa shape index (κ1) is 18.6. The van der Waals surface area contributed by atoms with Crippen LogP contribution in [0.4, 0.5) is 9.52 Å². The molecule has 4 nitrogen and oxygen atoms in total. The molecule has 1 aliphatic heterocycles. The van der Waals surface area contributed by atoms with E-state index in [0.29, 0.717) is 18.8 Å². The highest BCUT2D eigenvalue weighted by Gasteiger charge is 2.27. The van der Waals surface area contributed by atoms with E-state index in [4.69, 9.17) is 14.5 Å². The van der Waals surface area contributed by atoms with Crippen molar-refractivity contribution in [1.29, 1.82) is 0 Å². The van der Waals surface area contributed by atoms with Gasteiger partial charge < -0.3 is 9.47 Å². The van der Waals surface area contributed by atoms with Crippen LogP contribution in [0.2, 0.25) is 0 Å². The quantitative estimate of drug-likeness (QED) is 0.393. The number of hydrogen-bond acceptors (Lipinski definition) is 5. The molecule has 0 atom stereocenters. The Kier molecular flexibility index (Phi) is 5.07. The molecule has 1 aromatic heterocycles. The lowest BCUT2D eigenvalue weighted by molar-refractivity contribution is 0.0680. The number of hydrogen-bond donors (Lipinski definition) is 0. The molecular weight excluding hydrogens is 399 g/mol. The number of fused-ring (bicyclic) bond motifs is 1. The Labute approximate surface area is 177 Å². The molecule has 0 saturated heterocycles. The topological polar surface area (TPSA) is 34.6 Å². The molecule has 0 N–H and O–H groups in total. The van der Waals surface area contributed by atoms with Crippen LogP contribution in [0, 0.1) is 5.82 Å². The monoisotopic (exact) mass is 418 g/mol. The highest BCUT2D eigenvalue weighted by atomic mass is 32.1. The van der Waals surface area contributed by atoms with Gasteiger partial charge in [-0.1, -0.05) is 65.9 Å². The maximum absolute atomic E-state index is 13.4. The molecule has 0 amide bonds. The van der Waals surface area contributed by atoms with Crippen molar-refractivity contribution in [1.82, 2.24) is 4.98 Å². The molecule has 0 spiro atoms. The van der Waals surface area contributed by atoms with E-state index in [1.807, 2.05) is 41.3 Å². The zero-order chi connectivity index (χ0) is 20.3. The molecule has 0 saturated carbocycles. The second-order valence-corrected chi connectivity index (χ2v) is 7.98. The lowest BCUT2D eigenvalue weighted by Crippen LogP contribution is -2.23. The van der Waals surface area contributed by atoms with Crippen molar-refractivity contribution in [2.24, 2.45) is 0 Å². The van der Waals surface area contributed by atoms with Crippen LogP contribution in [0.15, 0.2) is 90.5 Å². The lowest BCUT2D eigenvalue weighted by Gasteiger charge is -2.22. The third-order valence-corrected chi connectivity index (χ3v) is 5.95. The molecule has 0 unspecified atom stereocenters. The van der Waals surface area contributed by atoms with E-state index in [1.54, 1.807) is 23.5 Å². The molecule has 1 aliphatic rings. The first-order chi connectivity index (χ1) is 14.8. The van der Waals surface area contributed by atoms with E-state index in [1.165, 1.54) is 12.1 Å². The van der Waals surface area contributed by atoms with Gasteiger partial charge in [-0.3, -0.25) is 4.90 Å². The van der Waals surface area contributed by atoms with Gasteiger partial charge in [-0.05, 0) is 35.4 Å². The minimum Gasteiger partial charge on any atom is -0.456 e. The molecule has 0 fully saturated rings. The molecule has 5 rings (SSSR count). The fourth-order valence-corrected chi connectivity index (χ4v) is 4.37. The Morgan fingerprint density at radius 2 is 1.63 bits per heavy atom. The van der Waals surface area contributed by atoms with Gasteiger partial charge >= 0.3 is 0 Å². The van der Waals surface area contributed by atoms with Gasteiger partial charge in [-0.25, -0.2) is 9.37 Å². The maximum atomic E-state index is 13.4. The second-order valence-electron chi connectivity index (χ2n) is 6.97. The Morgan fingerprint density at radius 3 is 2.43 bits per heavy atom. The second kappa shape index (κ2) is 8.16. The van der Waals surface area contributed by atoms with Gasteiger partial charge in [0.15, 0.2) is 10.9 Å². The number of ether oxygens (including phenoxy) is 2. The number of rotatable bonds is 6. The molecule has 0 aliphatic carbocycles. The Morgan fingerprint density at radius 1 is 0.867 bits per heavy atom. The number of thiazole rings is 1. The van der Waals surface area contributed by atoms with Crippen LogP contribution in [0.5, 0.6) is 0 Å². The van der Waals surface area contributed by atoms with E-state index < -0.39 is 0 Å². The summed E-state index contributed by atoms with van der Waals surface area (Å²) in [5, 5.41) is 0.812. The number of allylic oxidation sites excluding steroid dienone is 1. The van der Waals surface area contributed by atoms with Crippen molar-refractivity contribution >= 4 is 26.7 Å². The van der Waals surface area contributed by atoms with Crippen molar-refractivity contribution < 1.29 is 13.9 Å². The highest BCUT2D eigenvalue weighted by molar-refractivity contribution is 7.22. The fourth-order valence-electron chi connectivity index (χ4n) is 3.41. The van der Waals surface area contributed by atoms with Crippen LogP contribution >= 0.6 is 11.3 Å². The van der Waals surface area contributed by atoms with Crippen LogP contribution in [0.25, 0.3) is 10.2 Å². The largest absolute Gasteiger partial charge is 0.456 e. The van der Waals surface area contributed by atoms with Crippen molar-refractivity contribution in [3.63, 3.8) is 0 Å². The summed E-state index contributed by atoms with van der Waals surface area (Å²) in [5.74, 6) is 1.17. The van der Waals surface area contributed by atoms with E-state index in [0.717, 1.165) is 32.2 Å². The molecule has 0 bridgehead atoms. The SMILES string of the molecule is Fc1ccc(CN(C2=C(Cc3ccccc3)OCO2)c2nc3ccccc3s2)cc1. The summed E-state index contributed by atoms with van der Waals surface area (Å²) >= 11 is 1.59. The summed E-state index contributed by atoms with van der Waals surface area (Å²) in [5.41, 5.74) is 3.03. The highest BCUT2D eigenvalue weighted by Crippen LogP contribution is 2.35. The van der Waals surface area contributed by atoms with Crippen molar-refractivity contribution in [3.05, 3.63) is 107 Å². The third-order valence-electron chi connectivity index (χ3n) is 4.89. The molecule has 0 radical (unpaired) electrons. The molecule has 3 aromatic carbocycles. The first-order valence-electron chi connectivity index (χ1n) is 9.66. The molecule has 6 heteroatoms. The molecule has 30 heavy (non-hydrogen) atoms. The maximum Gasteiger partial charge on any atom is 0.238 e. The lowest BCUT2D eigenvalue weighted by atomic mass is 10.1. The van der Waals surface area contributed by atoms with Crippen LogP contribution in [0.1, 0.15) is 11.1 Å². The summed E-state index contributed by atoms with van der Waals surface area (Å²) in [6, 6.07) is 24.7. The Hall–Kier alpha value is -3.38. The first-order valence-corrected chi connectivity index (χ1v) is 10.5. The van der Waals surface area contributed by atoms with Crippen LogP contribution in [-0.2, 0) is 22.4 Å². The van der Waals surface area contributed by atoms with Crippen LogP contribution in [0.3, 0.4) is 0 Å². The molecule has 2 heterocycles. The number of nitrogens with zero attached hydrogens (tertiary/aromatic N) is 2. The fraction of sp³-hybridized carbons (Fsp3) is 0.125. The van der Waals surface area contributed by atoms with E-state index in [2.05, 4.69) is 18.2 Å². The van der Waals surface area contributed by atoms with Gasteiger partial charge in [0.25, 0.3) is 0 Å².